The number of methoxy groups -OCH3 is 1. The van der Waals surface area contributed by atoms with Gasteiger partial charge in [0.05, 0.1) is 7.11 Å². The van der Waals surface area contributed by atoms with Crippen molar-refractivity contribution >= 4 is 28.5 Å². The van der Waals surface area contributed by atoms with E-state index in [0.29, 0.717) is 5.13 Å². The molecule has 0 spiro atoms. The van der Waals surface area contributed by atoms with Gasteiger partial charge >= 0.3 is 6.61 Å². The molecule has 1 aromatic carbocycles. The maximum absolute atomic E-state index is 12.5. The van der Waals surface area contributed by atoms with Crippen LogP contribution in [-0.4, -0.2) is 29.8 Å². The van der Waals surface area contributed by atoms with Gasteiger partial charge in [-0.05, 0) is 18.6 Å². The lowest BCUT2D eigenvalue weighted by atomic mass is 10.1. The molecule has 1 heterocycles. The second kappa shape index (κ2) is 8.34. The predicted molar refractivity (Wildman–Crippen MR) is 86.6 cm³/mol. The Morgan fingerprint density at radius 2 is 2.21 bits per heavy atom. The second-order valence-electron chi connectivity index (χ2n) is 4.43. The number of carbonyl (C=O) groups excluding carboxylic acids is 1. The maximum Gasteiger partial charge on any atom is 0.387 e. The minimum atomic E-state index is -3.00. The average Bonchev–Trinajstić information content (AvgIpc) is 3.00. The fourth-order valence-corrected chi connectivity index (χ4v) is 2.48. The lowest BCUT2D eigenvalue weighted by Gasteiger charge is -2.12. The van der Waals surface area contributed by atoms with Crippen LogP contribution >= 0.6 is 11.3 Å². The molecule has 1 aromatic heterocycles. The molecule has 0 fully saturated rings. The molecule has 0 aliphatic rings. The summed E-state index contributed by atoms with van der Waals surface area (Å²) < 4.78 is 34.6. The van der Waals surface area contributed by atoms with E-state index in [4.69, 9.17) is 4.74 Å². The maximum atomic E-state index is 12.5. The molecule has 24 heavy (non-hydrogen) atoms. The molecule has 0 aliphatic carbocycles. The van der Waals surface area contributed by atoms with Gasteiger partial charge in [0.2, 0.25) is 11.0 Å². The Kier molecular flexibility index (Phi) is 6.19. The summed E-state index contributed by atoms with van der Waals surface area (Å²) >= 11 is 1.27. The highest BCUT2D eigenvalue weighted by Crippen LogP contribution is 2.33. The fourth-order valence-electron chi connectivity index (χ4n) is 1.80. The lowest BCUT2D eigenvalue weighted by molar-refractivity contribution is -0.111. The largest absolute Gasteiger partial charge is 0.493 e. The van der Waals surface area contributed by atoms with E-state index in [1.54, 1.807) is 6.07 Å². The predicted octanol–water partition coefficient (Wildman–Crippen LogP) is 3.36. The van der Waals surface area contributed by atoms with Gasteiger partial charge in [-0.3, -0.25) is 10.1 Å². The van der Waals surface area contributed by atoms with Crippen LogP contribution in [0.25, 0.3) is 6.08 Å². The van der Waals surface area contributed by atoms with Gasteiger partial charge in [0.1, 0.15) is 5.01 Å². The number of para-hydroxylation sites is 1. The number of halogens is 2. The molecular formula is C15H15F2N3O3S. The number of nitrogens with zero attached hydrogens (tertiary/aromatic N) is 2. The fraction of sp³-hybridized carbons (Fsp3) is 0.267. The van der Waals surface area contributed by atoms with Crippen LogP contribution in [0.3, 0.4) is 0 Å². The van der Waals surface area contributed by atoms with Crippen molar-refractivity contribution in [3.63, 3.8) is 0 Å². The number of amides is 1. The average molecular weight is 355 g/mol. The Labute approximate surface area is 141 Å². The number of ether oxygens (including phenoxy) is 2. The topological polar surface area (TPSA) is 73.3 Å². The number of aromatic nitrogens is 2. The number of aryl methyl sites for hydroxylation is 1. The highest BCUT2D eigenvalue weighted by Gasteiger charge is 2.14. The van der Waals surface area contributed by atoms with E-state index in [0.717, 1.165) is 11.4 Å². The quantitative estimate of drug-likeness (QED) is 0.771. The molecule has 2 rings (SSSR count). The van der Waals surface area contributed by atoms with Gasteiger partial charge in [-0.15, -0.1) is 10.2 Å². The third kappa shape index (κ3) is 4.72. The Balaban J connectivity index is 2.13. The summed E-state index contributed by atoms with van der Waals surface area (Å²) in [7, 11) is 1.34. The van der Waals surface area contributed by atoms with Crippen molar-refractivity contribution in [2.24, 2.45) is 0 Å². The second-order valence-corrected chi connectivity index (χ2v) is 5.50. The zero-order valence-corrected chi connectivity index (χ0v) is 13.8. The molecule has 128 valence electrons. The molecule has 0 aliphatic heterocycles. The third-order valence-corrected chi connectivity index (χ3v) is 3.83. The van der Waals surface area contributed by atoms with Gasteiger partial charge in [0.25, 0.3) is 0 Å². The first-order valence-electron chi connectivity index (χ1n) is 6.96. The molecule has 0 bridgehead atoms. The Hall–Kier alpha value is -2.55. The summed E-state index contributed by atoms with van der Waals surface area (Å²) in [5.41, 5.74) is 0.288. The van der Waals surface area contributed by atoms with Gasteiger partial charge in [0, 0.05) is 11.6 Å². The van der Waals surface area contributed by atoms with Crippen LogP contribution < -0.4 is 14.8 Å². The number of anilines is 1. The van der Waals surface area contributed by atoms with E-state index >= 15 is 0 Å². The molecule has 0 atom stereocenters. The van der Waals surface area contributed by atoms with Crippen molar-refractivity contribution in [2.75, 3.05) is 12.4 Å². The molecule has 0 saturated heterocycles. The molecule has 0 unspecified atom stereocenters. The summed E-state index contributed by atoms with van der Waals surface area (Å²) in [6.07, 6.45) is 3.28. The van der Waals surface area contributed by atoms with Crippen molar-refractivity contribution in [3.8, 4) is 11.5 Å². The smallest absolute Gasteiger partial charge is 0.387 e. The van der Waals surface area contributed by atoms with E-state index in [-0.39, 0.29) is 17.1 Å². The zero-order valence-electron chi connectivity index (χ0n) is 13.0. The van der Waals surface area contributed by atoms with Gasteiger partial charge in [-0.1, -0.05) is 30.4 Å². The van der Waals surface area contributed by atoms with Gasteiger partial charge in [-0.25, -0.2) is 0 Å². The van der Waals surface area contributed by atoms with Crippen LogP contribution in [0.15, 0.2) is 24.3 Å². The first kappa shape index (κ1) is 17.8. The number of hydrogen-bond acceptors (Lipinski definition) is 6. The molecule has 0 radical (unpaired) electrons. The Bertz CT molecular complexity index is 735. The first-order valence-corrected chi connectivity index (χ1v) is 7.78. The number of nitrogens with one attached hydrogen (secondary N) is 1. The molecule has 0 saturated carbocycles. The van der Waals surface area contributed by atoms with Crippen molar-refractivity contribution in [2.45, 2.75) is 20.0 Å². The summed E-state index contributed by atoms with van der Waals surface area (Å²) in [4.78, 5) is 11.9. The third-order valence-electron chi connectivity index (χ3n) is 2.85. The summed E-state index contributed by atoms with van der Waals surface area (Å²) in [6.45, 7) is -1.07. The van der Waals surface area contributed by atoms with Gasteiger partial charge < -0.3 is 9.47 Å². The summed E-state index contributed by atoms with van der Waals surface area (Å²) in [5, 5.41) is 11.4. The number of rotatable bonds is 7. The number of hydrogen-bond donors (Lipinski definition) is 1. The molecule has 1 amide bonds. The lowest BCUT2D eigenvalue weighted by Crippen LogP contribution is -2.08. The highest BCUT2D eigenvalue weighted by molar-refractivity contribution is 7.15. The Morgan fingerprint density at radius 1 is 1.42 bits per heavy atom. The van der Waals surface area contributed by atoms with Crippen LogP contribution in [0.4, 0.5) is 13.9 Å². The highest BCUT2D eigenvalue weighted by atomic mass is 32.1. The molecule has 1 N–H and O–H groups in total. The summed E-state index contributed by atoms with van der Waals surface area (Å²) in [5.74, 6) is -0.447. The minimum Gasteiger partial charge on any atom is -0.493 e. The minimum absolute atomic E-state index is 0.136. The van der Waals surface area contributed by atoms with Crippen molar-refractivity contribution in [3.05, 3.63) is 34.8 Å². The molecule has 9 heteroatoms. The van der Waals surface area contributed by atoms with Crippen LogP contribution in [-0.2, 0) is 11.2 Å². The molecular weight excluding hydrogens is 340 g/mol. The van der Waals surface area contributed by atoms with Crippen molar-refractivity contribution < 1.29 is 23.0 Å². The SMILES string of the molecule is CCc1nnc(NC(=O)/C=C/c2cccc(OC)c2OC(F)F)s1. The molecule has 6 nitrogen and oxygen atoms in total. The van der Waals surface area contributed by atoms with Crippen LogP contribution in [0, 0.1) is 0 Å². The molecule has 2 aromatic rings. The first-order chi connectivity index (χ1) is 11.5. The standard InChI is InChI=1S/C15H15F2N3O3S/c1-3-12-19-20-15(24-12)18-11(21)8-7-9-5-4-6-10(22-2)13(9)23-14(16)17/h4-8,14H,3H2,1-2H3,(H,18,20,21)/b8-7+. The van der Waals surface area contributed by atoms with Crippen LogP contribution in [0.2, 0.25) is 0 Å². The monoisotopic (exact) mass is 355 g/mol. The van der Waals surface area contributed by atoms with Gasteiger partial charge in [-0.2, -0.15) is 8.78 Å². The summed E-state index contributed by atoms with van der Waals surface area (Å²) in [6, 6.07) is 4.62. The van der Waals surface area contributed by atoms with E-state index in [1.807, 2.05) is 6.92 Å². The van der Waals surface area contributed by atoms with Crippen LogP contribution in [0.1, 0.15) is 17.5 Å². The van der Waals surface area contributed by atoms with E-state index in [9.17, 15) is 13.6 Å². The van der Waals surface area contributed by atoms with Gasteiger partial charge in [0.15, 0.2) is 11.5 Å². The van der Waals surface area contributed by atoms with E-state index in [1.165, 1.54) is 42.7 Å². The van der Waals surface area contributed by atoms with E-state index < -0.39 is 12.5 Å². The van der Waals surface area contributed by atoms with E-state index in [2.05, 4.69) is 20.3 Å². The number of carbonyl (C=O) groups is 1. The van der Waals surface area contributed by atoms with Crippen LogP contribution in [0.5, 0.6) is 11.5 Å². The van der Waals surface area contributed by atoms with Crippen molar-refractivity contribution in [1.29, 1.82) is 0 Å². The zero-order chi connectivity index (χ0) is 17.5. The number of benzene rings is 1. The Morgan fingerprint density at radius 3 is 2.83 bits per heavy atom. The number of alkyl halides is 2. The normalized spacial score (nSPS) is 11.0. The van der Waals surface area contributed by atoms with Crippen molar-refractivity contribution in [1.82, 2.24) is 10.2 Å².